The largest absolute Gasteiger partial charge is 0.381 e. The van der Waals surface area contributed by atoms with Crippen molar-refractivity contribution in [3.8, 4) is 6.07 Å². The van der Waals surface area contributed by atoms with E-state index >= 15 is 0 Å². The second-order valence-electron chi connectivity index (χ2n) is 4.84. The van der Waals surface area contributed by atoms with Gasteiger partial charge in [0, 0.05) is 6.04 Å². The molecule has 4 heteroatoms. The Hall–Kier alpha value is -1.24. The first-order valence-corrected chi connectivity index (χ1v) is 6.78. The van der Waals surface area contributed by atoms with Gasteiger partial charge in [0.05, 0.1) is 22.3 Å². The van der Waals surface area contributed by atoms with Crippen molar-refractivity contribution < 1.29 is 0 Å². The molecule has 0 heterocycles. The maximum atomic E-state index is 8.92. The van der Waals surface area contributed by atoms with Crippen LogP contribution < -0.4 is 11.1 Å². The van der Waals surface area contributed by atoms with Gasteiger partial charge in [0.2, 0.25) is 0 Å². The number of nitrogens with zero attached hydrogens (tertiary/aromatic N) is 1. The molecule has 1 saturated carbocycles. The Bertz CT molecular complexity index is 453. The van der Waals surface area contributed by atoms with Crippen molar-refractivity contribution in [2.45, 2.75) is 31.7 Å². The summed E-state index contributed by atoms with van der Waals surface area (Å²) in [6, 6.07) is 7.81. The Labute approximate surface area is 113 Å². The molecule has 96 valence electrons. The lowest BCUT2D eigenvalue weighted by Crippen LogP contribution is -2.36. The van der Waals surface area contributed by atoms with Gasteiger partial charge in [-0.1, -0.05) is 24.4 Å². The molecule has 1 aliphatic carbocycles. The average Bonchev–Trinajstić information content (AvgIpc) is 2.42. The SMILES string of the molecule is N#Cc1ccc(Cl)c(NC2CCCCC2CN)c1. The van der Waals surface area contributed by atoms with Gasteiger partial charge in [0.15, 0.2) is 0 Å². The van der Waals surface area contributed by atoms with Crippen LogP contribution in [0.1, 0.15) is 31.2 Å². The molecule has 2 unspecified atom stereocenters. The third-order valence-electron chi connectivity index (χ3n) is 3.65. The highest BCUT2D eigenvalue weighted by Crippen LogP contribution is 2.30. The van der Waals surface area contributed by atoms with Gasteiger partial charge in [-0.25, -0.2) is 0 Å². The van der Waals surface area contributed by atoms with Crippen molar-refractivity contribution >= 4 is 17.3 Å². The predicted molar refractivity (Wildman–Crippen MR) is 74.6 cm³/mol. The minimum Gasteiger partial charge on any atom is -0.381 e. The van der Waals surface area contributed by atoms with Gasteiger partial charge in [-0.15, -0.1) is 0 Å². The van der Waals surface area contributed by atoms with Crippen molar-refractivity contribution in [2.75, 3.05) is 11.9 Å². The number of rotatable bonds is 3. The van der Waals surface area contributed by atoms with Crippen LogP contribution in [0.2, 0.25) is 5.02 Å². The maximum absolute atomic E-state index is 8.92. The van der Waals surface area contributed by atoms with E-state index in [9.17, 15) is 0 Å². The van der Waals surface area contributed by atoms with E-state index in [0.29, 0.717) is 29.1 Å². The molecule has 18 heavy (non-hydrogen) atoms. The number of nitriles is 1. The number of benzene rings is 1. The smallest absolute Gasteiger partial charge is 0.0992 e. The summed E-state index contributed by atoms with van der Waals surface area (Å²) in [7, 11) is 0. The molecule has 0 amide bonds. The van der Waals surface area contributed by atoms with Crippen molar-refractivity contribution in [1.82, 2.24) is 0 Å². The second-order valence-corrected chi connectivity index (χ2v) is 5.24. The summed E-state index contributed by atoms with van der Waals surface area (Å²) in [5, 5.41) is 13.0. The van der Waals surface area contributed by atoms with Crippen LogP contribution in [0.25, 0.3) is 0 Å². The van der Waals surface area contributed by atoms with E-state index in [1.807, 2.05) is 6.07 Å². The summed E-state index contributed by atoms with van der Waals surface area (Å²) in [6.45, 7) is 0.702. The first-order valence-electron chi connectivity index (χ1n) is 6.41. The molecule has 3 nitrogen and oxygen atoms in total. The number of anilines is 1. The van der Waals surface area contributed by atoms with E-state index in [1.165, 1.54) is 19.3 Å². The second kappa shape index (κ2) is 6.08. The molecule has 2 atom stereocenters. The number of hydrogen-bond acceptors (Lipinski definition) is 3. The van der Waals surface area contributed by atoms with Crippen LogP contribution >= 0.6 is 11.6 Å². The van der Waals surface area contributed by atoms with Crippen LogP contribution in [0.4, 0.5) is 5.69 Å². The summed E-state index contributed by atoms with van der Waals surface area (Å²) in [5.74, 6) is 0.501. The van der Waals surface area contributed by atoms with Crippen LogP contribution in [0.5, 0.6) is 0 Å². The Morgan fingerprint density at radius 3 is 2.89 bits per heavy atom. The molecule has 1 aromatic carbocycles. The first-order chi connectivity index (χ1) is 8.74. The summed E-state index contributed by atoms with van der Waals surface area (Å²) < 4.78 is 0. The third-order valence-corrected chi connectivity index (χ3v) is 3.98. The monoisotopic (exact) mass is 263 g/mol. The Kier molecular flexibility index (Phi) is 4.46. The van der Waals surface area contributed by atoms with Gasteiger partial charge in [-0.3, -0.25) is 0 Å². The average molecular weight is 264 g/mol. The molecule has 0 saturated heterocycles. The third kappa shape index (κ3) is 2.95. The Morgan fingerprint density at radius 1 is 1.39 bits per heavy atom. The molecule has 1 aromatic rings. The molecular weight excluding hydrogens is 246 g/mol. The van der Waals surface area contributed by atoms with Crippen molar-refractivity contribution in [1.29, 1.82) is 5.26 Å². The van der Waals surface area contributed by atoms with E-state index in [2.05, 4.69) is 11.4 Å². The van der Waals surface area contributed by atoms with E-state index < -0.39 is 0 Å². The molecule has 0 bridgehead atoms. The summed E-state index contributed by atoms with van der Waals surface area (Å²) >= 11 is 6.16. The summed E-state index contributed by atoms with van der Waals surface area (Å²) in [6.07, 6.45) is 4.77. The summed E-state index contributed by atoms with van der Waals surface area (Å²) in [5.41, 5.74) is 7.29. The lowest BCUT2D eigenvalue weighted by atomic mass is 9.84. The molecule has 0 aliphatic heterocycles. The van der Waals surface area contributed by atoms with Crippen LogP contribution in [0, 0.1) is 17.2 Å². The predicted octanol–water partition coefficient (Wildman–Crippen LogP) is 3.14. The van der Waals surface area contributed by atoms with Crippen molar-refractivity contribution in [2.24, 2.45) is 11.7 Å². The topological polar surface area (TPSA) is 61.8 Å². The van der Waals surface area contributed by atoms with Crippen molar-refractivity contribution in [3.63, 3.8) is 0 Å². The van der Waals surface area contributed by atoms with Gasteiger partial charge < -0.3 is 11.1 Å². The number of hydrogen-bond donors (Lipinski definition) is 2. The number of halogens is 1. The summed E-state index contributed by atoms with van der Waals surface area (Å²) in [4.78, 5) is 0. The number of nitrogens with one attached hydrogen (secondary N) is 1. The van der Waals surface area contributed by atoms with Crippen LogP contribution in [-0.4, -0.2) is 12.6 Å². The fourth-order valence-corrected chi connectivity index (χ4v) is 2.76. The molecule has 0 radical (unpaired) electrons. The first kappa shape index (κ1) is 13.2. The zero-order valence-electron chi connectivity index (χ0n) is 10.3. The molecule has 1 fully saturated rings. The maximum Gasteiger partial charge on any atom is 0.0992 e. The quantitative estimate of drug-likeness (QED) is 0.881. The van der Waals surface area contributed by atoms with Gasteiger partial charge in [-0.2, -0.15) is 5.26 Å². The van der Waals surface area contributed by atoms with E-state index in [-0.39, 0.29) is 0 Å². The van der Waals surface area contributed by atoms with E-state index in [4.69, 9.17) is 22.6 Å². The molecule has 2 rings (SSSR count). The number of nitrogens with two attached hydrogens (primary N) is 1. The minimum atomic E-state index is 0.371. The zero-order valence-corrected chi connectivity index (χ0v) is 11.1. The highest BCUT2D eigenvalue weighted by atomic mass is 35.5. The van der Waals surface area contributed by atoms with Crippen LogP contribution in [0.15, 0.2) is 18.2 Å². The van der Waals surface area contributed by atoms with Gasteiger partial charge in [0.1, 0.15) is 0 Å². The molecule has 0 spiro atoms. The zero-order chi connectivity index (χ0) is 13.0. The molecule has 0 aromatic heterocycles. The van der Waals surface area contributed by atoms with Crippen molar-refractivity contribution in [3.05, 3.63) is 28.8 Å². The minimum absolute atomic E-state index is 0.371. The van der Waals surface area contributed by atoms with Gasteiger partial charge in [0.25, 0.3) is 0 Å². The highest BCUT2D eigenvalue weighted by molar-refractivity contribution is 6.33. The van der Waals surface area contributed by atoms with E-state index in [0.717, 1.165) is 12.1 Å². The Balaban J connectivity index is 2.14. The lowest BCUT2D eigenvalue weighted by molar-refractivity contribution is 0.332. The lowest BCUT2D eigenvalue weighted by Gasteiger charge is -2.32. The molecule has 1 aliphatic rings. The van der Waals surface area contributed by atoms with Crippen LogP contribution in [-0.2, 0) is 0 Å². The van der Waals surface area contributed by atoms with Crippen LogP contribution in [0.3, 0.4) is 0 Å². The molecular formula is C14H18ClN3. The Morgan fingerprint density at radius 2 is 2.17 bits per heavy atom. The fraction of sp³-hybridized carbons (Fsp3) is 0.500. The van der Waals surface area contributed by atoms with Gasteiger partial charge >= 0.3 is 0 Å². The molecule has 3 N–H and O–H groups in total. The fourth-order valence-electron chi connectivity index (χ4n) is 2.58. The standard InChI is InChI=1S/C14H18ClN3/c15-12-6-5-10(8-16)7-14(12)18-13-4-2-1-3-11(13)9-17/h5-7,11,13,18H,1-4,9,17H2. The van der Waals surface area contributed by atoms with Gasteiger partial charge in [-0.05, 0) is 43.5 Å². The normalized spacial score (nSPS) is 23.4. The highest BCUT2D eigenvalue weighted by Gasteiger charge is 2.24. The van der Waals surface area contributed by atoms with E-state index in [1.54, 1.807) is 12.1 Å².